The van der Waals surface area contributed by atoms with E-state index in [-0.39, 0.29) is 44.2 Å². The molecule has 0 aromatic heterocycles. The number of hydrogen-bond acceptors (Lipinski definition) is 7. The van der Waals surface area contributed by atoms with Crippen molar-refractivity contribution >= 4 is 41.4 Å². The third-order valence-electron chi connectivity index (χ3n) is 12.6. The summed E-state index contributed by atoms with van der Waals surface area (Å²) in [5.41, 5.74) is 5.69. The number of nitrogens with one attached hydrogen (secondary N) is 6. The first kappa shape index (κ1) is 50.5. The summed E-state index contributed by atoms with van der Waals surface area (Å²) in [5.74, 6) is -5.80. The smallest absolute Gasteiger partial charge is 0.326 e. The Bertz CT molecular complexity index is 2760. The van der Waals surface area contributed by atoms with Gasteiger partial charge in [-0.15, -0.1) is 0 Å². The molecule has 8 rings (SSSR count). The summed E-state index contributed by atoms with van der Waals surface area (Å²) in [4.78, 5) is 98.0. The Labute approximate surface area is 413 Å². The van der Waals surface area contributed by atoms with Gasteiger partial charge in [-0.3, -0.25) is 28.8 Å². The van der Waals surface area contributed by atoms with Gasteiger partial charge in [0.2, 0.25) is 29.5 Å². The van der Waals surface area contributed by atoms with E-state index in [1.165, 1.54) is 0 Å². The first-order valence-electron chi connectivity index (χ1n) is 23.8. The molecule has 71 heavy (non-hydrogen) atoms. The van der Waals surface area contributed by atoms with Crippen molar-refractivity contribution in [3.05, 3.63) is 203 Å². The largest absolute Gasteiger partial charge is 0.480 e. The van der Waals surface area contributed by atoms with Crippen LogP contribution in [-0.2, 0) is 54.5 Å². The summed E-state index contributed by atoms with van der Waals surface area (Å²) in [7, 11) is 0. The molecule has 6 unspecified atom stereocenters. The van der Waals surface area contributed by atoms with Gasteiger partial charge in [0.25, 0.3) is 5.91 Å². The maximum atomic E-state index is 14.8. The molecule has 14 heteroatoms. The summed E-state index contributed by atoms with van der Waals surface area (Å²) < 4.78 is 0. The van der Waals surface area contributed by atoms with Crippen LogP contribution in [0.1, 0.15) is 63.9 Å². The summed E-state index contributed by atoms with van der Waals surface area (Å²) in [6, 6.07) is 44.5. The highest BCUT2D eigenvalue weighted by atomic mass is 16.4. The minimum Gasteiger partial charge on any atom is -0.480 e. The average Bonchev–Trinajstić information content (AvgIpc) is 3.39. The van der Waals surface area contributed by atoms with Gasteiger partial charge >= 0.3 is 5.97 Å². The number of aryl methyl sites for hydroxylation is 1. The summed E-state index contributed by atoms with van der Waals surface area (Å²) >= 11 is 0. The summed E-state index contributed by atoms with van der Waals surface area (Å²) in [6.07, 6.45) is 0.282. The van der Waals surface area contributed by atoms with E-state index in [0.29, 0.717) is 28.7 Å². The number of aliphatic carboxylic acids is 1. The Balaban J connectivity index is 1.24. The number of carboxylic acid groups (broad SMARTS) is 1. The molecule has 0 saturated heterocycles. The molecular formula is C57H58N6O8. The number of amides is 6. The maximum Gasteiger partial charge on any atom is 0.326 e. The van der Waals surface area contributed by atoms with Gasteiger partial charge in [0.15, 0.2) is 0 Å². The van der Waals surface area contributed by atoms with Gasteiger partial charge in [-0.05, 0) is 63.9 Å². The zero-order chi connectivity index (χ0) is 50.1. The number of benzene rings is 6. The molecule has 2 bridgehead atoms. The molecule has 7 N–H and O–H groups in total. The number of carbonyl (C=O) groups is 7. The van der Waals surface area contributed by atoms with Crippen LogP contribution >= 0.6 is 0 Å². The zero-order valence-corrected chi connectivity index (χ0v) is 39.4. The lowest BCUT2D eigenvalue weighted by atomic mass is 9.92. The Hall–Kier alpha value is -8.39. The van der Waals surface area contributed by atoms with Crippen molar-refractivity contribution in [1.82, 2.24) is 31.9 Å². The maximum absolute atomic E-state index is 14.8. The van der Waals surface area contributed by atoms with Crippen molar-refractivity contribution < 1.29 is 38.7 Å². The number of fused-ring (bicyclic) bond motifs is 18. The Morgan fingerprint density at radius 1 is 0.563 bits per heavy atom. The van der Waals surface area contributed by atoms with Crippen molar-refractivity contribution in [3.63, 3.8) is 0 Å². The number of hydrogen-bond donors (Lipinski definition) is 7. The van der Waals surface area contributed by atoms with Crippen molar-refractivity contribution in [2.75, 3.05) is 6.54 Å². The van der Waals surface area contributed by atoms with Crippen LogP contribution in [0.25, 0.3) is 11.1 Å². The number of carboxylic acids is 1. The molecule has 0 radical (unpaired) electrons. The van der Waals surface area contributed by atoms with E-state index >= 15 is 0 Å². The third kappa shape index (κ3) is 14.6. The predicted molar refractivity (Wildman–Crippen MR) is 270 cm³/mol. The molecule has 6 aromatic rings. The van der Waals surface area contributed by atoms with Crippen molar-refractivity contribution in [2.45, 2.75) is 81.6 Å². The van der Waals surface area contributed by atoms with E-state index in [2.05, 4.69) is 31.9 Å². The minimum absolute atomic E-state index is 0.00523. The van der Waals surface area contributed by atoms with E-state index in [0.717, 1.165) is 16.7 Å². The predicted octanol–water partition coefficient (Wildman–Crippen LogP) is 5.46. The van der Waals surface area contributed by atoms with Crippen molar-refractivity contribution in [1.29, 1.82) is 0 Å². The van der Waals surface area contributed by atoms with Gasteiger partial charge in [0.1, 0.15) is 30.2 Å². The Morgan fingerprint density at radius 3 is 1.65 bits per heavy atom. The molecule has 6 atom stereocenters. The normalized spacial score (nSPS) is 19.0. The summed E-state index contributed by atoms with van der Waals surface area (Å²) in [5, 5.41) is 27.2. The van der Waals surface area contributed by atoms with E-state index in [4.69, 9.17) is 0 Å². The molecule has 6 aromatic carbocycles. The number of rotatable bonds is 13. The highest BCUT2D eigenvalue weighted by molar-refractivity contribution is 5.97. The van der Waals surface area contributed by atoms with Crippen LogP contribution in [0.5, 0.6) is 0 Å². The molecule has 6 amide bonds. The van der Waals surface area contributed by atoms with E-state index < -0.39 is 77.5 Å². The lowest BCUT2D eigenvalue weighted by Gasteiger charge is -2.28. The second-order valence-corrected chi connectivity index (χ2v) is 17.7. The van der Waals surface area contributed by atoms with E-state index in [1.807, 2.05) is 91.0 Å². The zero-order valence-electron chi connectivity index (χ0n) is 39.4. The van der Waals surface area contributed by atoms with Gasteiger partial charge in [-0.25, -0.2) is 4.79 Å². The van der Waals surface area contributed by atoms with Crippen LogP contribution in [-0.4, -0.2) is 83.3 Å². The molecule has 0 spiro atoms. The molecule has 2 heterocycles. The van der Waals surface area contributed by atoms with Gasteiger partial charge in [-0.1, -0.05) is 165 Å². The van der Waals surface area contributed by atoms with Gasteiger partial charge in [-0.2, -0.15) is 0 Å². The standard InChI is InChI=1S/C57H58N6O8/c1-37(42-18-10-4-11-19-42)51(57(70)71)63-56(69)49-36-41-24-29-45(30-25-41)52(65)58-33-32-50(64)59-46(31-26-38-14-6-2-7-15-38)53(66)60-48(35-40-22-27-44(28-23-40)43-20-12-5-13-21-43)55(68)61-47(54(67)62-49)34-39-16-8-3-9-17-39/h2-25,27-30,37,46-49,51H,26,31-36H2,1H3,(H,58,65)(H,59,64)(H,60,66)(H,61,68)(H,62,67)(H,63,69)(H,70,71). The molecule has 2 aliphatic rings. The lowest BCUT2D eigenvalue weighted by Crippen LogP contribution is -2.60. The van der Waals surface area contributed by atoms with Crippen LogP contribution in [0.15, 0.2) is 170 Å². The Morgan fingerprint density at radius 2 is 1.06 bits per heavy atom. The first-order chi connectivity index (χ1) is 34.4. The fraction of sp³-hybridized carbons (Fsp3) is 0.246. The van der Waals surface area contributed by atoms with E-state index in [9.17, 15) is 38.7 Å². The van der Waals surface area contributed by atoms with Crippen LogP contribution in [0.2, 0.25) is 0 Å². The van der Waals surface area contributed by atoms with Crippen LogP contribution in [0.4, 0.5) is 0 Å². The highest BCUT2D eigenvalue weighted by Gasteiger charge is 2.35. The van der Waals surface area contributed by atoms with Gasteiger partial charge in [0, 0.05) is 43.7 Å². The SMILES string of the molecule is CC(c1ccccc1)C(NC(=O)C1Cc2ccc(cc2)C(=O)NCCC(=O)NC(CCc2ccccc2)C(=O)NC(Cc2ccc(-c3ccccc3)cc2)C(=O)NC(Cc2ccccc2)C(=O)N1)C(=O)O. The fourth-order valence-corrected chi connectivity index (χ4v) is 8.51. The van der Waals surface area contributed by atoms with Crippen LogP contribution in [0.3, 0.4) is 0 Å². The molecule has 0 saturated carbocycles. The quantitative estimate of drug-likeness (QED) is 0.0738. The monoisotopic (exact) mass is 954 g/mol. The second-order valence-electron chi connectivity index (χ2n) is 17.7. The van der Waals surface area contributed by atoms with E-state index in [1.54, 1.807) is 85.8 Å². The van der Waals surface area contributed by atoms with Gasteiger partial charge < -0.3 is 37.0 Å². The molecule has 2 aliphatic heterocycles. The Kier molecular flexibility index (Phi) is 17.6. The number of carbonyl (C=O) groups excluding carboxylic acids is 6. The second kappa shape index (κ2) is 24.8. The fourth-order valence-electron chi connectivity index (χ4n) is 8.51. The molecule has 364 valence electrons. The lowest BCUT2D eigenvalue weighted by molar-refractivity contribution is -0.143. The van der Waals surface area contributed by atoms with Gasteiger partial charge in [0.05, 0.1) is 0 Å². The van der Waals surface area contributed by atoms with Crippen molar-refractivity contribution in [2.24, 2.45) is 0 Å². The molecule has 0 aliphatic carbocycles. The molecular weight excluding hydrogens is 897 g/mol. The third-order valence-corrected chi connectivity index (χ3v) is 12.6. The topological polar surface area (TPSA) is 212 Å². The molecule has 14 nitrogen and oxygen atoms in total. The highest BCUT2D eigenvalue weighted by Crippen LogP contribution is 2.22. The average molecular weight is 955 g/mol. The van der Waals surface area contributed by atoms with Crippen LogP contribution in [0, 0.1) is 0 Å². The molecule has 0 fully saturated rings. The van der Waals surface area contributed by atoms with Crippen LogP contribution < -0.4 is 31.9 Å². The minimum atomic E-state index is -1.39. The first-order valence-corrected chi connectivity index (χ1v) is 23.8. The van der Waals surface area contributed by atoms with Crippen molar-refractivity contribution in [3.8, 4) is 11.1 Å². The summed E-state index contributed by atoms with van der Waals surface area (Å²) in [6.45, 7) is 1.63.